The summed E-state index contributed by atoms with van der Waals surface area (Å²) in [5, 5.41) is 3.38. The van der Waals surface area contributed by atoms with Crippen molar-refractivity contribution in [1.29, 1.82) is 0 Å². The van der Waals surface area contributed by atoms with E-state index in [2.05, 4.69) is 34.3 Å². The molecule has 2 heterocycles. The first kappa shape index (κ1) is 13.7. The molecule has 0 aromatic carbocycles. The highest BCUT2D eigenvalue weighted by Crippen LogP contribution is 2.46. The lowest BCUT2D eigenvalue weighted by molar-refractivity contribution is 0.226. The molecule has 1 aliphatic heterocycles. The van der Waals surface area contributed by atoms with Gasteiger partial charge in [-0.1, -0.05) is 19.8 Å². The van der Waals surface area contributed by atoms with Crippen LogP contribution in [0, 0.1) is 5.41 Å². The van der Waals surface area contributed by atoms with Crippen LogP contribution in [0.4, 0.5) is 11.5 Å². The van der Waals surface area contributed by atoms with E-state index in [9.17, 15) is 0 Å². The van der Waals surface area contributed by atoms with Gasteiger partial charge in [-0.3, -0.25) is 0 Å². The van der Waals surface area contributed by atoms with Crippen molar-refractivity contribution < 1.29 is 0 Å². The second-order valence-electron chi connectivity index (χ2n) is 6.52. The average molecular weight is 273 g/mol. The predicted molar refractivity (Wildman–Crippen MR) is 85.4 cm³/mol. The lowest BCUT2D eigenvalue weighted by atomic mass is 9.77. The molecule has 2 aliphatic rings. The third-order valence-electron chi connectivity index (χ3n) is 5.15. The quantitative estimate of drug-likeness (QED) is 0.896. The summed E-state index contributed by atoms with van der Waals surface area (Å²) in [7, 11) is 0. The summed E-state index contributed by atoms with van der Waals surface area (Å²) in [6.07, 6.45) is 11.7. The maximum atomic E-state index is 4.40. The van der Waals surface area contributed by atoms with Crippen LogP contribution in [0.2, 0.25) is 0 Å². The fraction of sp³-hybridized carbons (Fsp3) is 0.706. The van der Waals surface area contributed by atoms with Gasteiger partial charge in [-0.05, 0) is 43.6 Å². The molecule has 1 saturated carbocycles. The van der Waals surface area contributed by atoms with Crippen molar-refractivity contribution in [1.82, 2.24) is 4.98 Å². The van der Waals surface area contributed by atoms with Crippen molar-refractivity contribution in [3.05, 3.63) is 18.3 Å². The molecule has 1 spiro atoms. The Kier molecular flexibility index (Phi) is 4.13. The first-order chi connectivity index (χ1) is 9.81. The first-order valence-corrected chi connectivity index (χ1v) is 8.26. The molecule has 1 aromatic heterocycles. The van der Waals surface area contributed by atoms with E-state index in [-0.39, 0.29) is 0 Å². The Balaban J connectivity index is 1.62. The van der Waals surface area contributed by atoms with Gasteiger partial charge in [0, 0.05) is 37.6 Å². The second kappa shape index (κ2) is 6.02. The SMILES string of the molecule is CCCNc1cc(N2CCC3(CCCC3)CC2)ccn1. The molecule has 1 aromatic rings. The highest BCUT2D eigenvalue weighted by molar-refractivity contribution is 5.54. The molecule has 1 N–H and O–H groups in total. The summed E-state index contributed by atoms with van der Waals surface area (Å²) in [4.78, 5) is 6.95. The molecular weight excluding hydrogens is 246 g/mol. The van der Waals surface area contributed by atoms with Crippen molar-refractivity contribution in [2.75, 3.05) is 29.9 Å². The van der Waals surface area contributed by atoms with Crippen molar-refractivity contribution in [3.63, 3.8) is 0 Å². The summed E-state index contributed by atoms with van der Waals surface area (Å²) in [5.41, 5.74) is 2.04. The number of rotatable bonds is 4. The van der Waals surface area contributed by atoms with Crippen LogP contribution in [0.25, 0.3) is 0 Å². The zero-order valence-electron chi connectivity index (χ0n) is 12.7. The monoisotopic (exact) mass is 273 g/mol. The van der Waals surface area contributed by atoms with Crippen molar-refractivity contribution in [2.45, 2.75) is 51.9 Å². The first-order valence-electron chi connectivity index (χ1n) is 8.26. The Hall–Kier alpha value is -1.25. The molecule has 0 radical (unpaired) electrons. The minimum absolute atomic E-state index is 0.701. The highest BCUT2D eigenvalue weighted by atomic mass is 15.1. The minimum Gasteiger partial charge on any atom is -0.371 e. The van der Waals surface area contributed by atoms with E-state index in [0.717, 1.165) is 18.8 Å². The van der Waals surface area contributed by atoms with Gasteiger partial charge in [0.2, 0.25) is 0 Å². The van der Waals surface area contributed by atoms with Crippen molar-refractivity contribution >= 4 is 11.5 Å². The van der Waals surface area contributed by atoms with Crippen LogP contribution in [0.15, 0.2) is 18.3 Å². The summed E-state index contributed by atoms with van der Waals surface area (Å²) in [6.45, 7) is 5.62. The molecule has 2 fully saturated rings. The highest BCUT2D eigenvalue weighted by Gasteiger charge is 2.36. The number of nitrogens with one attached hydrogen (secondary N) is 1. The number of anilines is 2. The molecule has 3 rings (SSSR count). The Bertz CT molecular complexity index is 428. The Morgan fingerprint density at radius 2 is 1.95 bits per heavy atom. The van der Waals surface area contributed by atoms with Gasteiger partial charge < -0.3 is 10.2 Å². The van der Waals surface area contributed by atoms with Gasteiger partial charge in [0.25, 0.3) is 0 Å². The number of hydrogen-bond donors (Lipinski definition) is 1. The third-order valence-corrected chi connectivity index (χ3v) is 5.15. The topological polar surface area (TPSA) is 28.2 Å². The fourth-order valence-electron chi connectivity index (χ4n) is 3.83. The lowest BCUT2D eigenvalue weighted by Crippen LogP contribution is -2.38. The van der Waals surface area contributed by atoms with Crippen LogP contribution in [0.5, 0.6) is 0 Å². The van der Waals surface area contributed by atoms with Gasteiger partial charge in [-0.15, -0.1) is 0 Å². The maximum Gasteiger partial charge on any atom is 0.127 e. The lowest BCUT2D eigenvalue weighted by Gasteiger charge is -2.40. The summed E-state index contributed by atoms with van der Waals surface area (Å²) in [5.74, 6) is 1.02. The van der Waals surface area contributed by atoms with E-state index < -0.39 is 0 Å². The normalized spacial score (nSPS) is 21.4. The number of nitrogens with zero attached hydrogens (tertiary/aromatic N) is 2. The van der Waals surface area contributed by atoms with E-state index in [1.54, 1.807) is 0 Å². The van der Waals surface area contributed by atoms with E-state index in [4.69, 9.17) is 0 Å². The van der Waals surface area contributed by atoms with Gasteiger partial charge in [-0.2, -0.15) is 0 Å². The summed E-state index contributed by atoms with van der Waals surface area (Å²) >= 11 is 0. The molecule has 3 nitrogen and oxygen atoms in total. The number of pyridine rings is 1. The Morgan fingerprint density at radius 1 is 1.20 bits per heavy atom. The van der Waals surface area contributed by atoms with Crippen LogP contribution in [0.3, 0.4) is 0 Å². The second-order valence-corrected chi connectivity index (χ2v) is 6.52. The fourth-order valence-corrected chi connectivity index (χ4v) is 3.83. The maximum absolute atomic E-state index is 4.40. The van der Waals surface area contributed by atoms with E-state index in [1.807, 2.05) is 6.20 Å². The molecule has 3 heteroatoms. The molecule has 0 amide bonds. The smallest absolute Gasteiger partial charge is 0.127 e. The zero-order chi connectivity index (χ0) is 13.8. The number of aromatic nitrogens is 1. The molecule has 1 saturated heterocycles. The Morgan fingerprint density at radius 3 is 2.65 bits per heavy atom. The van der Waals surface area contributed by atoms with Crippen LogP contribution >= 0.6 is 0 Å². The van der Waals surface area contributed by atoms with Crippen LogP contribution < -0.4 is 10.2 Å². The van der Waals surface area contributed by atoms with Crippen LogP contribution in [-0.4, -0.2) is 24.6 Å². The van der Waals surface area contributed by atoms with E-state index in [0.29, 0.717) is 5.41 Å². The largest absolute Gasteiger partial charge is 0.371 e. The molecule has 0 unspecified atom stereocenters. The van der Waals surface area contributed by atoms with Gasteiger partial charge in [-0.25, -0.2) is 4.98 Å². The Labute approximate surface area is 122 Å². The number of piperidine rings is 1. The van der Waals surface area contributed by atoms with E-state index in [1.165, 1.54) is 57.3 Å². The van der Waals surface area contributed by atoms with Gasteiger partial charge >= 0.3 is 0 Å². The summed E-state index contributed by atoms with van der Waals surface area (Å²) < 4.78 is 0. The molecule has 1 aliphatic carbocycles. The zero-order valence-corrected chi connectivity index (χ0v) is 12.7. The number of hydrogen-bond acceptors (Lipinski definition) is 3. The molecule has 20 heavy (non-hydrogen) atoms. The summed E-state index contributed by atoms with van der Waals surface area (Å²) in [6, 6.07) is 4.37. The third kappa shape index (κ3) is 2.92. The average Bonchev–Trinajstić information content (AvgIpc) is 2.94. The predicted octanol–water partition coefficient (Wildman–Crippen LogP) is 4.06. The minimum atomic E-state index is 0.701. The molecule has 110 valence electrons. The van der Waals surface area contributed by atoms with Gasteiger partial charge in [0.1, 0.15) is 5.82 Å². The van der Waals surface area contributed by atoms with Crippen molar-refractivity contribution in [3.8, 4) is 0 Å². The van der Waals surface area contributed by atoms with Crippen LogP contribution in [0.1, 0.15) is 51.9 Å². The van der Waals surface area contributed by atoms with Gasteiger partial charge in [0.15, 0.2) is 0 Å². The van der Waals surface area contributed by atoms with E-state index >= 15 is 0 Å². The molecule has 0 bridgehead atoms. The molecular formula is C17H27N3. The molecule has 0 atom stereocenters. The standard InChI is InChI=1S/C17H27N3/c1-2-10-18-16-14-15(5-11-19-16)20-12-8-17(9-13-20)6-3-4-7-17/h5,11,14H,2-4,6-10,12-13H2,1H3,(H,18,19). The van der Waals surface area contributed by atoms with Crippen LogP contribution in [-0.2, 0) is 0 Å². The van der Waals surface area contributed by atoms with Gasteiger partial charge in [0.05, 0.1) is 0 Å². The van der Waals surface area contributed by atoms with Crippen molar-refractivity contribution in [2.24, 2.45) is 5.41 Å².